The lowest BCUT2D eigenvalue weighted by atomic mass is 9.92. The number of hydrogen-bond donors (Lipinski definition) is 0. The predicted molar refractivity (Wildman–Crippen MR) is 44.2 cm³/mol. The molecule has 1 heteroatoms. The molecular formula is C10H16O. The maximum atomic E-state index is 11.4. The Hall–Kier alpha value is -0.330. The summed E-state index contributed by atoms with van der Waals surface area (Å²) in [4.78, 5) is 11.4. The minimum absolute atomic E-state index is 0.458. The van der Waals surface area contributed by atoms with E-state index in [1.165, 1.54) is 6.42 Å². The topological polar surface area (TPSA) is 17.1 Å². The van der Waals surface area contributed by atoms with Gasteiger partial charge >= 0.3 is 0 Å². The lowest BCUT2D eigenvalue weighted by Crippen LogP contribution is -2.13. The minimum Gasteiger partial charge on any atom is -0.299 e. The Kier molecular flexibility index (Phi) is 1.55. The van der Waals surface area contributed by atoms with E-state index < -0.39 is 0 Å². The highest BCUT2D eigenvalue weighted by Crippen LogP contribution is 2.55. The van der Waals surface area contributed by atoms with Gasteiger partial charge in [0.15, 0.2) is 0 Å². The van der Waals surface area contributed by atoms with Crippen molar-refractivity contribution in [3.8, 4) is 0 Å². The van der Waals surface area contributed by atoms with Crippen LogP contribution in [0.2, 0.25) is 0 Å². The van der Waals surface area contributed by atoms with Crippen molar-refractivity contribution in [1.29, 1.82) is 0 Å². The smallest absolute Gasteiger partial charge is 0.136 e. The number of hydrogen-bond acceptors (Lipinski definition) is 1. The zero-order valence-electron chi connectivity index (χ0n) is 7.34. The Labute approximate surface area is 68.2 Å². The van der Waals surface area contributed by atoms with Crippen LogP contribution in [-0.4, -0.2) is 5.78 Å². The van der Waals surface area contributed by atoms with Crippen molar-refractivity contribution in [2.75, 3.05) is 0 Å². The highest BCUT2D eigenvalue weighted by atomic mass is 16.1. The zero-order valence-corrected chi connectivity index (χ0v) is 7.34. The van der Waals surface area contributed by atoms with Crippen LogP contribution in [0.1, 0.15) is 33.1 Å². The number of carbonyl (C=O) groups excluding carboxylic acids is 1. The third-order valence-corrected chi connectivity index (χ3v) is 3.10. The fourth-order valence-electron chi connectivity index (χ4n) is 2.46. The maximum absolute atomic E-state index is 11.4. The number of rotatable bonds is 2. The van der Waals surface area contributed by atoms with Gasteiger partial charge in [0.2, 0.25) is 0 Å². The largest absolute Gasteiger partial charge is 0.299 e. The Morgan fingerprint density at radius 2 is 2.27 bits per heavy atom. The van der Waals surface area contributed by atoms with E-state index in [1.807, 2.05) is 0 Å². The van der Waals surface area contributed by atoms with E-state index in [4.69, 9.17) is 0 Å². The normalized spacial score (nSPS) is 41.4. The number of ketones is 1. The molecule has 0 aliphatic heterocycles. The number of carbonyl (C=O) groups is 1. The molecular weight excluding hydrogens is 136 g/mol. The van der Waals surface area contributed by atoms with Crippen LogP contribution in [0.15, 0.2) is 0 Å². The van der Waals surface area contributed by atoms with Crippen LogP contribution in [0.5, 0.6) is 0 Å². The molecule has 0 aromatic heterocycles. The van der Waals surface area contributed by atoms with Crippen molar-refractivity contribution in [3.63, 3.8) is 0 Å². The molecule has 2 saturated carbocycles. The summed E-state index contributed by atoms with van der Waals surface area (Å²) in [6.45, 7) is 4.42. The highest BCUT2D eigenvalue weighted by Gasteiger charge is 2.52. The molecule has 2 aliphatic carbocycles. The molecule has 11 heavy (non-hydrogen) atoms. The summed E-state index contributed by atoms with van der Waals surface area (Å²) in [5.74, 6) is 3.33. The van der Waals surface area contributed by atoms with Crippen molar-refractivity contribution >= 4 is 5.78 Å². The second kappa shape index (κ2) is 2.33. The first kappa shape index (κ1) is 7.33. The first-order chi connectivity index (χ1) is 5.18. The van der Waals surface area contributed by atoms with Crippen LogP contribution in [0.25, 0.3) is 0 Å². The molecule has 0 amide bonds. The number of Topliss-reactive ketones (excluding diaryl/α,β-unsaturated/α-hetero) is 1. The van der Waals surface area contributed by atoms with E-state index in [0.717, 1.165) is 24.7 Å². The summed E-state index contributed by atoms with van der Waals surface area (Å²) >= 11 is 0. The third-order valence-electron chi connectivity index (χ3n) is 3.10. The van der Waals surface area contributed by atoms with Crippen LogP contribution < -0.4 is 0 Å². The molecule has 0 heterocycles. The summed E-state index contributed by atoms with van der Waals surface area (Å²) in [6.07, 6.45) is 3.39. The Bertz CT molecular complexity index is 183. The van der Waals surface area contributed by atoms with Crippen LogP contribution >= 0.6 is 0 Å². The van der Waals surface area contributed by atoms with Crippen LogP contribution in [0.3, 0.4) is 0 Å². The molecule has 0 bridgehead atoms. The van der Waals surface area contributed by atoms with Crippen molar-refractivity contribution in [2.45, 2.75) is 33.1 Å². The van der Waals surface area contributed by atoms with E-state index in [9.17, 15) is 4.79 Å². The van der Waals surface area contributed by atoms with Gasteiger partial charge in [-0.15, -0.1) is 0 Å². The monoisotopic (exact) mass is 152 g/mol. The lowest BCUT2D eigenvalue weighted by molar-refractivity contribution is -0.122. The van der Waals surface area contributed by atoms with E-state index in [1.54, 1.807) is 0 Å². The summed E-state index contributed by atoms with van der Waals surface area (Å²) in [5, 5.41) is 0. The standard InChI is InChI=1S/C10H16O/c1-6(2)3-9-8-4-7(8)5-10(9)11/h6-9H,3-5H2,1-2H3. The number of fused-ring (bicyclic) bond motifs is 1. The quantitative estimate of drug-likeness (QED) is 0.593. The van der Waals surface area contributed by atoms with Crippen LogP contribution in [-0.2, 0) is 4.79 Å². The second-order valence-corrected chi connectivity index (χ2v) is 4.57. The Morgan fingerprint density at radius 3 is 2.73 bits per heavy atom. The highest BCUT2D eigenvalue weighted by molar-refractivity contribution is 5.85. The summed E-state index contributed by atoms with van der Waals surface area (Å²) < 4.78 is 0. The summed E-state index contributed by atoms with van der Waals surface area (Å²) in [6, 6.07) is 0. The summed E-state index contributed by atoms with van der Waals surface area (Å²) in [5.41, 5.74) is 0. The lowest BCUT2D eigenvalue weighted by Gasteiger charge is -2.12. The molecule has 0 N–H and O–H groups in total. The van der Waals surface area contributed by atoms with Crippen molar-refractivity contribution in [1.82, 2.24) is 0 Å². The molecule has 3 unspecified atom stereocenters. The predicted octanol–water partition coefficient (Wildman–Crippen LogP) is 2.26. The molecule has 0 aromatic carbocycles. The maximum Gasteiger partial charge on any atom is 0.136 e. The zero-order chi connectivity index (χ0) is 8.01. The molecule has 0 radical (unpaired) electrons. The van der Waals surface area contributed by atoms with Gasteiger partial charge in [-0.3, -0.25) is 4.79 Å². The Balaban J connectivity index is 1.96. The molecule has 62 valence electrons. The van der Waals surface area contributed by atoms with Gasteiger partial charge in [0.1, 0.15) is 5.78 Å². The van der Waals surface area contributed by atoms with Gasteiger partial charge in [-0.05, 0) is 30.6 Å². The SMILES string of the molecule is CC(C)CC1C(=O)CC2CC21. The molecule has 0 aromatic rings. The Morgan fingerprint density at radius 1 is 1.55 bits per heavy atom. The summed E-state index contributed by atoms with van der Waals surface area (Å²) in [7, 11) is 0. The van der Waals surface area contributed by atoms with E-state index in [0.29, 0.717) is 17.6 Å². The van der Waals surface area contributed by atoms with E-state index in [-0.39, 0.29) is 0 Å². The van der Waals surface area contributed by atoms with Crippen molar-refractivity contribution in [3.05, 3.63) is 0 Å². The fraction of sp³-hybridized carbons (Fsp3) is 0.900. The van der Waals surface area contributed by atoms with Gasteiger partial charge < -0.3 is 0 Å². The average Bonchev–Trinajstić information content (AvgIpc) is 2.56. The van der Waals surface area contributed by atoms with Gasteiger partial charge in [-0.2, -0.15) is 0 Å². The van der Waals surface area contributed by atoms with Gasteiger partial charge in [-0.1, -0.05) is 13.8 Å². The van der Waals surface area contributed by atoms with Crippen molar-refractivity contribution < 1.29 is 4.79 Å². The van der Waals surface area contributed by atoms with Crippen LogP contribution in [0, 0.1) is 23.7 Å². The molecule has 2 fully saturated rings. The molecule has 0 saturated heterocycles. The molecule has 2 rings (SSSR count). The van der Waals surface area contributed by atoms with Gasteiger partial charge in [0.05, 0.1) is 0 Å². The first-order valence-corrected chi connectivity index (χ1v) is 4.71. The fourth-order valence-corrected chi connectivity index (χ4v) is 2.46. The second-order valence-electron chi connectivity index (χ2n) is 4.57. The molecule has 0 spiro atoms. The van der Waals surface area contributed by atoms with Gasteiger partial charge in [0, 0.05) is 12.3 Å². The first-order valence-electron chi connectivity index (χ1n) is 4.71. The van der Waals surface area contributed by atoms with Gasteiger partial charge in [-0.25, -0.2) is 0 Å². The van der Waals surface area contributed by atoms with E-state index >= 15 is 0 Å². The third kappa shape index (κ3) is 1.21. The molecule has 1 nitrogen and oxygen atoms in total. The minimum atomic E-state index is 0.458. The average molecular weight is 152 g/mol. The van der Waals surface area contributed by atoms with E-state index in [2.05, 4.69) is 13.8 Å². The molecule has 2 aliphatic rings. The van der Waals surface area contributed by atoms with Crippen LogP contribution in [0.4, 0.5) is 0 Å². The molecule has 3 atom stereocenters. The van der Waals surface area contributed by atoms with Gasteiger partial charge in [0.25, 0.3) is 0 Å². The van der Waals surface area contributed by atoms with Crippen molar-refractivity contribution in [2.24, 2.45) is 23.7 Å².